The van der Waals surface area contributed by atoms with Gasteiger partial charge in [-0.25, -0.2) is 8.42 Å². The molecule has 0 unspecified atom stereocenters. The summed E-state index contributed by atoms with van der Waals surface area (Å²) in [5.41, 5.74) is 0.146. The van der Waals surface area contributed by atoms with Crippen molar-refractivity contribution < 1.29 is 18.3 Å². The van der Waals surface area contributed by atoms with E-state index in [1.54, 1.807) is 0 Å². The minimum Gasteiger partial charge on any atom is -0.508 e. The normalized spacial score (nSPS) is 11.3. The summed E-state index contributed by atoms with van der Waals surface area (Å²) in [5, 5.41) is 9.51. The Morgan fingerprint density at radius 1 is 1.44 bits per heavy atom. The standard InChI is InChI=1S/C11H14ClNO4S/c1-13(5-6-18(2,16)17)11(15)9-7-8(14)3-4-10(9)12/h3-4,7,14H,5-6H2,1-2H3. The zero-order chi connectivity index (χ0) is 13.9. The molecule has 1 aromatic rings. The van der Waals surface area contributed by atoms with Crippen molar-refractivity contribution in [2.24, 2.45) is 0 Å². The molecule has 1 amide bonds. The van der Waals surface area contributed by atoms with Crippen LogP contribution in [-0.2, 0) is 9.84 Å². The summed E-state index contributed by atoms with van der Waals surface area (Å²) < 4.78 is 22.0. The van der Waals surface area contributed by atoms with Crippen molar-refractivity contribution in [1.29, 1.82) is 0 Å². The van der Waals surface area contributed by atoms with E-state index in [1.807, 2.05) is 0 Å². The summed E-state index contributed by atoms with van der Waals surface area (Å²) in [6.07, 6.45) is 1.10. The van der Waals surface area contributed by atoms with Crippen molar-refractivity contribution in [2.75, 3.05) is 25.6 Å². The molecule has 100 valence electrons. The molecule has 0 atom stereocenters. The van der Waals surface area contributed by atoms with Gasteiger partial charge in [-0.1, -0.05) is 11.6 Å². The number of hydrogen-bond acceptors (Lipinski definition) is 4. The number of carbonyl (C=O) groups excluding carboxylic acids is 1. The Morgan fingerprint density at radius 3 is 2.61 bits per heavy atom. The molecule has 1 N–H and O–H groups in total. The second kappa shape index (κ2) is 5.58. The number of aromatic hydroxyl groups is 1. The Bertz CT molecular complexity index is 556. The first-order valence-electron chi connectivity index (χ1n) is 5.12. The molecule has 0 saturated heterocycles. The maximum atomic E-state index is 12.0. The molecule has 0 aliphatic rings. The SMILES string of the molecule is CN(CCS(C)(=O)=O)C(=O)c1cc(O)ccc1Cl. The van der Waals surface area contributed by atoms with Gasteiger partial charge in [0.2, 0.25) is 0 Å². The zero-order valence-corrected chi connectivity index (χ0v) is 11.6. The van der Waals surface area contributed by atoms with E-state index in [2.05, 4.69) is 0 Å². The predicted molar refractivity (Wildman–Crippen MR) is 69.8 cm³/mol. The highest BCUT2D eigenvalue weighted by molar-refractivity contribution is 7.90. The van der Waals surface area contributed by atoms with E-state index < -0.39 is 15.7 Å². The van der Waals surface area contributed by atoms with Crippen LogP contribution in [0.1, 0.15) is 10.4 Å². The predicted octanol–water partition coefficient (Wildman–Crippen LogP) is 1.16. The lowest BCUT2D eigenvalue weighted by atomic mass is 10.2. The lowest BCUT2D eigenvalue weighted by Crippen LogP contribution is -2.31. The molecule has 0 aromatic heterocycles. The fourth-order valence-corrected chi connectivity index (χ4v) is 2.09. The number of phenolic OH excluding ortho intramolecular Hbond substituents is 1. The van der Waals surface area contributed by atoms with E-state index in [0.717, 1.165) is 6.26 Å². The summed E-state index contributed by atoms with van der Waals surface area (Å²) in [4.78, 5) is 13.2. The Hall–Kier alpha value is -1.27. The number of benzene rings is 1. The third-order valence-corrected chi connectivity index (χ3v) is 3.58. The van der Waals surface area contributed by atoms with E-state index in [0.29, 0.717) is 0 Å². The summed E-state index contributed by atoms with van der Waals surface area (Å²) >= 11 is 5.85. The van der Waals surface area contributed by atoms with E-state index in [9.17, 15) is 18.3 Å². The van der Waals surface area contributed by atoms with Crippen molar-refractivity contribution in [2.45, 2.75) is 0 Å². The van der Waals surface area contributed by atoms with Crippen LogP contribution in [0.5, 0.6) is 5.75 Å². The lowest BCUT2D eigenvalue weighted by molar-refractivity contribution is 0.0803. The quantitative estimate of drug-likeness (QED) is 0.903. The molecular formula is C11H14ClNO4S. The molecule has 0 saturated carbocycles. The number of hydrogen-bond donors (Lipinski definition) is 1. The third-order valence-electron chi connectivity index (χ3n) is 2.32. The summed E-state index contributed by atoms with van der Waals surface area (Å²) in [5.74, 6) is -0.620. The Morgan fingerprint density at radius 2 is 2.06 bits per heavy atom. The average Bonchev–Trinajstić information content (AvgIpc) is 2.27. The third kappa shape index (κ3) is 4.19. The Labute approximate surface area is 111 Å². The highest BCUT2D eigenvalue weighted by Crippen LogP contribution is 2.22. The van der Waals surface area contributed by atoms with Crippen LogP contribution in [0, 0.1) is 0 Å². The molecule has 0 fully saturated rings. The van der Waals surface area contributed by atoms with Gasteiger partial charge in [0.05, 0.1) is 16.3 Å². The van der Waals surface area contributed by atoms with Gasteiger partial charge in [0.25, 0.3) is 5.91 Å². The zero-order valence-electron chi connectivity index (χ0n) is 10.1. The van der Waals surface area contributed by atoms with Crippen molar-refractivity contribution in [3.05, 3.63) is 28.8 Å². The number of rotatable bonds is 4. The van der Waals surface area contributed by atoms with E-state index in [-0.39, 0.29) is 28.6 Å². The molecule has 18 heavy (non-hydrogen) atoms. The Kier molecular flexibility index (Phi) is 4.59. The van der Waals surface area contributed by atoms with E-state index >= 15 is 0 Å². The maximum Gasteiger partial charge on any atom is 0.255 e. The average molecular weight is 292 g/mol. The highest BCUT2D eigenvalue weighted by Gasteiger charge is 2.17. The summed E-state index contributed by atoms with van der Waals surface area (Å²) in [7, 11) is -1.65. The van der Waals surface area contributed by atoms with Gasteiger partial charge in [-0.3, -0.25) is 4.79 Å². The second-order valence-corrected chi connectivity index (χ2v) is 6.69. The van der Waals surface area contributed by atoms with Crippen LogP contribution in [0.25, 0.3) is 0 Å². The van der Waals surface area contributed by atoms with E-state index in [1.165, 1.54) is 30.1 Å². The minimum absolute atomic E-state index is 0.0701. The van der Waals surface area contributed by atoms with Crippen LogP contribution in [0.15, 0.2) is 18.2 Å². The topological polar surface area (TPSA) is 74.7 Å². The molecular weight excluding hydrogens is 278 g/mol. The van der Waals surface area contributed by atoms with Crippen LogP contribution in [0.3, 0.4) is 0 Å². The molecule has 1 aromatic carbocycles. The van der Waals surface area contributed by atoms with Crippen LogP contribution in [0.4, 0.5) is 0 Å². The van der Waals surface area contributed by atoms with Gasteiger partial charge < -0.3 is 10.0 Å². The fourth-order valence-electron chi connectivity index (χ4n) is 1.29. The van der Waals surface area contributed by atoms with Crippen LogP contribution in [0.2, 0.25) is 5.02 Å². The van der Waals surface area contributed by atoms with Gasteiger partial charge in [-0.05, 0) is 18.2 Å². The fraction of sp³-hybridized carbons (Fsp3) is 0.364. The van der Waals surface area contributed by atoms with Crippen molar-refractivity contribution >= 4 is 27.3 Å². The van der Waals surface area contributed by atoms with Gasteiger partial charge in [-0.2, -0.15) is 0 Å². The van der Waals surface area contributed by atoms with Crippen LogP contribution < -0.4 is 0 Å². The summed E-state index contributed by atoms with van der Waals surface area (Å²) in [6.45, 7) is 0.0731. The second-order valence-electron chi connectivity index (χ2n) is 4.02. The largest absolute Gasteiger partial charge is 0.508 e. The number of nitrogens with zero attached hydrogens (tertiary/aromatic N) is 1. The summed E-state index contributed by atoms with van der Waals surface area (Å²) in [6, 6.07) is 4.03. The van der Waals surface area contributed by atoms with Gasteiger partial charge in [0.1, 0.15) is 15.6 Å². The minimum atomic E-state index is -3.13. The van der Waals surface area contributed by atoms with Crippen LogP contribution in [-0.4, -0.2) is 49.9 Å². The lowest BCUT2D eigenvalue weighted by Gasteiger charge is -2.17. The number of carbonyl (C=O) groups is 1. The monoisotopic (exact) mass is 291 g/mol. The molecule has 1 rings (SSSR count). The van der Waals surface area contributed by atoms with Gasteiger partial charge in [0, 0.05) is 19.8 Å². The molecule has 0 aliphatic heterocycles. The van der Waals surface area contributed by atoms with Gasteiger partial charge >= 0.3 is 0 Å². The molecule has 0 spiro atoms. The number of sulfone groups is 1. The number of phenols is 1. The molecule has 7 heteroatoms. The molecule has 0 aliphatic carbocycles. The highest BCUT2D eigenvalue weighted by atomic mass is 35.5. The smallest absolute Gasteiger partial charge is 0.255 e. The molecule has 0 radical (unpaired) electrons. The number of amides is 1. The van der Waals surface area contributed by atoms with Crippen LogP contribution >= 0.6 is 11.6 Å². The first kappa shape index (κ1) is 14.8. The van der Waals surface area contributed by atoms with Crippen molar-refractivity contribution in [3.63, 3.8) is 0 Å². The molecule has 0 bridgehead atoms. The van der Waals surface area contributed by atoms with Crippen molar-refractivity contribution in [1.82, 2.24) is 4.90 Å². The first-order valence-corrected chi connectivity index (χ1v) is 7.56. The number of halogens is 1. The van der Waals surface area contributed by atoms with Crippen molar-refractivity contribution in [3.8, 4) is 5.75 Å². The van der Waals surface area contributed by atoms with E-state index in [4.69, 9.17) is 11.6 Å². The first-order chi connectivity index (χ1) is 8.20. The Balaban J connectivity index is 2.83. The molecule has 5 nitrogen and oxygen atoms in total. The van der Waals surface area contributed by atoms with Gasteiger partial charge in [-0.15, -0.1) is 0 Å². The molecule has 0 heterocycles. The maximum absolute atomic E-state index is 12.0. The van der Waals surface area contributed by atoms with Gasteiger partial charge in [0.15, 0.2) is 0 Å².